The van der Waals surface area contributed by atoms with Gasteiger partial charge < -0.3 is 39.0 Å². The Labute approximate surface area is 530 Å². The molecule has 1 atom stereocenters. The fourth-order valence-corrected chi connectivity index (χ4v) is 12.6. The number of unbranched alkanes of at least 4 members (excludes halogenated alkanes) is 1. The van der Waals surface area contributed by atoms with Gasteiger partial charge >= 0.3 is 12.1 Å². The number of fused-ring (bicyclic) bond motifs is 5. The van der Waals surface area contributed by atoms with Gasteiger partial charge in [0.25, 0.3) is 5.56 Å². The van der Waals surface area contributed by atoms with E-state index in [4.69, 9.17) is 19.2 Å². The smallest absolute Gasteiger partial charge is 0.415 e. The minimum Gasteiger partial charge on any atom is -0.494 e. The number of rotatable bonds is 25. The van der Waals surface area contributed by atoms with Gasteiger partial charge in [0.05, 0.1) is 58.4 Å². The molecule has 0 radical (unpaired) electrons. The molecule has 2 aromatic carbocycles. The van der Waals surface area contributed by atoms with Gasteiger partial charge in [-0.05, 0) is 139 Å². The van der Waals surface area contributed by atoms with Crippen LogP contribution in [0.15, 0.2) is 145 Å². The number of carbonyl (C=O) groups excluding carboxylic acids is 4. The van der Waals surface area contributed by atoms with Crippen molar-refractivity contribution in [2.45, 2.75) is 131 Å². The van der Waals surface area contributed by atoms with Crippen LogP contribution in [0.1, 0.15) is 122 Å². The Morgan fingerprint density at radius 3 is 1.85 bits per heavy atom. The minimum atomic E-state index is -1.93. The first-order valence-electron chi connectivity index (χ1n) is 31.6. The van der Waals surface area contributed by atoms with Crippen molar-refractivity contribution in [3.8, 4) is 22.9 Å². The predicted molar refractivity (Wildman–Crippen MR) is 343 cm³/mol. The molecular weight excluding hydrogens is 1150 g/mol. The highest BCUT2D eigenvalue weighted by Gasteiger charge is 2.45. The van der Waals surface area contributed by atoms with Gasteiger partial charge in [-0.1, -0.05) is 58.0 Å². The lowest BCUT2D eigenvalue weighted by Gasteiger charge is -2.31. The lowest BCUT2D eigenvalue weighted by molar-refractivity contribution is -0.172. The van der Waals surface area contributed by atoms with Crippen molar-refractivity contribution in [1.29, 1.82) is 0 Å². The van der Waals surface area contributed by atoms with Gasteiger partial charge in [0, 0.05) is 126 Å². The quantitative estimate of drug-likeness (QED) is 0.0401. The largest absolute Gasteiger partial charge is 0.494 e. The fraction of sp³-hybridized carbons (Fsp3) is 0.380. The number of amides is 3. The molecule has 8 aromatic rings. The Hall–Kier alpha value is -9.24. The first-order valence-corrected chi connectivity index (χ1v) is 31.6. The summed E-state index contributed by atoms with van der Waals surface area (Å²) in [5.74, 6) is 0.127. The van der Waals surface area contributed by atoms with Gasteiger partial charge in [-0.25, -0.2) is 14.6 Å². The van der Waals surface area contributed by atoms with Crippen LogP contribution in [0.5, 0.6) is 11.5 Å². The molecule has 3 aliphatic heterocycles. The molecule has 0 aliphatic carbocycles. The van der Waals surface area contributed by atoms with E-state index in [0.29, 0.717) is 120 Å². The van der Waals surface area contributed by atoms with Gasteiger partial charge in [0.15, 0.2) is 5.60 Å². The zero-order chi connectivity index (χ0) is 63.5. The summed E-state index contributed by atoms with van der Waals surface area (Å²) >= 11 is 0. The molecule has 472 valence electrons. The van der Waals surface area contributed by atoms with Crippen LogP contribution >= 0.6 is 0 Å². The van der Waals surface area contributed by atoms with Gasteiger partial charge in [-0.15, -0.1) is 0 Å². The van der Waals surface area contributed by atoms with Crippen LogP contribution in [0.2, 0.25) is 0 Å². The summed E-state index contributed by atoms with van der Waals surface area (Å²) in [6, 6.07) is 37.4. The van der Waals surface area contributed by atoms with Crippen LogP contribution in [-0.4, -0.2) is 117 Å². The lowest BCUT2D eigenvalue weighted by atomic mass is 9.84. The van der Waals surface area contributed by atoms with Crippen LogP contribution < -0.4 is 20.3 Å². The number of aromatic nitrogens is 6. The molecule has 11 rings (SSSR count). The second kappa shape index (κ2) is 28.7. The summed E-state index contributed by atoms with van der Waals surface area (Å²) in [5.41, 5.74) is 7.23. The minimum absolute atomic E-state index is 0.0477. The Morgan fingerprint density at radius 1 is 0.681 bits per heavy atom. The number of carbonyl (C=O) groups is 4. The van der Waals surface area contributed by atoms with Gasteiger partial charge in [-0.2, -0.15) is 0 Å². The fourth-order valence-electron chi connectivity index (χ4n) is 12.6. The molecule has 2 N–H and O–H groups in total. The number of aryl methyl sites for hydroxylation is 1. The lowest BCUT2D eigenvalue weighted by Crippen LogP contribution is -2.44. The van der Waals surface area contributed by atoms with Crippen molar-refractivity contribution < 1.29 is 38.5 Å². The maximum atomic E-state index is 13.9. The Balaban J connectivity index is 0.665. The van der Waals surface area contributed by atoms with Crippen molar-refractivity contribution in [1.82, 2.24) is 54.4 Å². The molecule has 3 aliphatic rings. The molecule has 6 aromatic heterocycles. The Morgan fingerprint density at radius 2 is 1.27 bits per heavy atom. The third-order valence-electron chi connectivity index (χ3n) is 17.2. The second-order valence-electron chi connectivity index (χ2n) is 24.6. The predicted octanol–water partition coefficient (Wildman–Crippen LogP) is 9.44. The van der Waals surface area contributed by atoms with E-state index in [1.165, 1.54) is 0 Å². The molecular formula is C71H79N11O9. The maximum Gasteiger partial charge on any atom is 0.415 e. The summed E-state index contributed by atoms with van der Waals surface area (Å²) in [4.78, 5) is 99.2. The first kappa shape index (κ1) is 63.3. The third kappa shape index (κ3) is 15.5. The molecule has 20 nitrogen and oxygen atoms in total. The van der Waals surface area contributed by atoms with Crippen molar-refractivity contribution in [2.24, 2.45) is 5.41 Å². The van der Waals surface area contributed by atoms with Crippen LogP contribution in [0.3, 0.4) is 0 Å². The van der Waals surface area contributed by atoms with E-state index in [9.17, 15) is 29.1 Å². The highest BCUT2D eigenvalue weighted by atomic mass is 16.6. The summed E-state index contributed by atoms with van der Waals surface area (Å²) in [6.07, 6.45) is 9.70. The van der Waals surface area contributed by atoms with Crippen LogP contribution in [0.4, 0.5) is 4.79 Å². The second-order valence-corrected chi connectivity index (χ2v) is 24.6. The molecule has 9 heterocycles. The Bertz CT molecular complexity index is 3760. The highest BCUT2D eigenvalue weighted by molar-refractivity contribution is 5.90. The third-order valence-corrected chi connectivity index (χ3v) is 17.2. The van der Waals surface area contributed by atoms with Gasteiger partial charge in [-0.3, -0.25) is 44.1 Å². The van der Waals surface area contributed by atoms with E-state index >= 15 is 0 Å². The van der Waals surface area contributed by atoms with Crippen molar-refractivity contribution >= 4 is 34.8 Å². The van der Waals surface area contributed by atoms with Gasteiger partial charge in [0.1, 0.15) is 18.1 Å². The number of nitrogens with one attached hydrogen (secondary N) is 1. The number of hydrogen-bond acceptors (Lipinski definition) is 16. The number of pyridine rings is 6. The molecule has 20 heteroatoms. The molecule has 1 fully saturated rings. The number of hydrogen-bond donors (Lipinski definition) is 2. The van der Waals surface area contributed by atoms with Gasteiger partial charge in [0.2, 0.25) is 11.8 Å². The van der Waals surface area contributed by atoms with E-state index in [1.54, 1.807) is 45.6 Å². The average molecular weight is 1230 g/mol. The number of nitrogens with zero attached hydrogens (tertiary/aromatic N) is 10. The van der Waals surface area contributed by atoms with Crippen LogP contribution in [0.25, 0.3) is 22.3 Å². The highest BCUT2D eigenvalue weighted by Crippen LogP contribution is 2.41. The van der Waals surface area contributed by atoms with Crippen LogP contribution in [-0.2, 0) is 83.6 Å². The molecule has 0 bridgehead atoms. The van der Waals surface area contributed by atoms with E-state index in [0.717, 1.165) is 56.2 Å². The standard InChI is InChI=1S/C71H79N11O9/c1-5-57-58-37-55(22-23-62(58)77-66-59(57)47-82-63(66)38-61-60(67(82)85)48-90-68(86)71(61,88)6-2)91-69(87)81-30-17-29-80(31-32-81)65(84)40-70(3,4)39-64(83)76-28-15-16-33-89-56-35-49(41-78(43-51-18-7-11-24-72-51)44-52-19-8-12-25-73-52)34-50(36-56)42-79(45-53-20-9-13-26-74-53)46-54-21-10-14-27-75-54/h7-14,18-27,34-38,88H,5-6,15-17,28-33,39-48H2,1-4H3,(H,76,83)/t71-/m1/s1. The summed E-state index contributed by atoms with van der Waals surface area (Å²) in [7, 11) is 0. The maximum absolute atomic E-state index is 13.9. The number of cyclic esters (lactones) is 1. The van der Waals surface area contributed by atoms with E-state index in [1.807, 2.05) is 118 Å². The summed E-state index contributed by atoms with van der Waals surface area (Å²) < 4.78 is 19.4. The molecule has 3 amide bonds. The van der Waals surface area contributed by atoms with Crippen molar-refractivity contribution in [3.63, 3.8) is 0 Å². The molecule has 0 unspecified atom stereocenters. The normalized spacial score (nSPS) is 15.4. The topological polar surface area (TPSA) is 228 Å². The summed E-state index contributed by atoms with van der Waals surface area (Å²) in [6.45, 7) is 13.7. The number of benzene rings is 2. The van der Waals surface area contributed by atoms with E-state index in [2.05, 4.69) is 53.3 Å². The molecule has 91 heavy (non-hydrogen) atoms. The van der Waals surface area contributed by atoms with E-state index in [-0.39, 0.29) is 67.5 Å². The molecule has 1 saturated heterocycles. The SMILES string of the molecule is CCc1c2c(nc3ccc(OC(=O)N4CCCN(C(=O)CC(C)(C)CC(=O)NCCCCOc5cc(CN(Cc6ccccn6)Cc6ccccn6)cc(CN(Cc6ccccn6)Cc6ccccn6)c5)CC4)cc13)-c1cc3c(c(=O)n1C2)COC(=O)[C@@]3(O)CC. The summed E-state index contributed by atoms with van der Waals surface area (Å²) in [5, 5.41) is 15.2. The zero-order valence-corrected chi connectivity index (χ0v) is 52.3. The number of aliphatic hydroxyl groups is 1. The van der Waals surface area contributed by atoms with Crippen molar-refractivity contribution in [2.75, 3.05) is 39.3 Å². The van der Waals surface area contributed by atoms with Crippen molar-refractivity contribution in [3.05, 3.63) is 207 Å². The zero-order valence-electron chi connectivity index (χ0n) is 52.3. The molecule has 0 saturated carbocycles. The molecule has 0 spiro atoms. The number of ether oxygens (including phenoxy) is 3. The van der Waals surface area contributed by atoms with E-state index < -0.39 is 23.1 Å². The van der Waals surface area contributed by atoms with Crippen LogP contribution in [0, 0.1) is 5.41 Å². The number of esters is 1. The first-order chi connectivity index (χ1) is 44.1. The Kier molecular flexibility index (Phi) is 20.0. The monoisotopic (exact) mass is 1230 g/mol. The average Bonchev–Trinajstić information content (AvgIpc) is 1.62.